The van der Waals surface area contributed by atoms with Gasteiger partial charge in [0.1, 0.15) is 11.5 Å². The van der Waals surface area contributed by atoms with Gasteiger partial charge in [0.15, 0.2) is 15.6 Å². The van der Waals surface area contributed by atoms with Crippen LogP contribution in [0.15, 0.2) is 53.4 Å². The Morgan fingerprint density at radius 3 is 2.20 bits per heavy atom. The Kier molecular flexibility index (Phi) is 3.90. The molecule has 0 saturated carbocycles. The van der Waals surface area contributed by atoms with E-state index in [2.05, 4.69) is 0 Å². The van der Waals surface area contributed by atoms with Crippen LogP contribution in [0.4, 0.5) is 0 Å². The molecule has 0 aromatic heterocycles. The number of benzene rings is 2. The average Bonchev–Trinajstić information content (AvgIpc) is 2.38. The van der Waals surface area contributed by atoms with Gasteiger partial charge < -0.3 is 4.74 Å². The summed E-state index contributed by atoms with van der Waals surface area (Å²) in [6.45, 7) is 1.48. The summed E-state index contributed by atoms with van der Waals surface area (Å²) < 4.78 is 28.5. The van der Waals surface area contributed by atoms with E-state index < -0.39 is 9.84 Å². The minimum absolute atomic E-state index is 0.0552. The highest BCUT2D eigenvalue weighted by molar-refractivity contribution is 7.90. The molecule has 2 aromatic rings. The number of carbonyl (C=O) groups excluding carboxylic acids is 1. The maximum atomic E-state index is 11.5. The number of ketones is 1. The first-order valence-electron chi connectivity index (χ1n) is 5.95. The molecule has 0 N–H and O–H groups in total. The van der Waals surface area contributed by atoms with Crippen molar-refractivity contribution >= 4 is 15.6 Å². The number of rotatable bonds is 4. The van der Waals surface area contributed by atoms with Crippen molar-refractivity contribution in [2.75, 3.05) is 6.26 Å². The zero-order chi connectivity index (χ0) is 14.8. The highest BCUT2D eigenvalue weighted by Gasteiger charge is 2.08. The zero-order valence-electron chi connectivity index (χ0n) is 11.2. The lowest BCUT2D eigenvalue weighted by atomic mass is 10.1. The predicted octanol–water partition coefficient (Wildman–Crippen LogP) is 3.09. The van der Waals surface area contributed by atoms with Crippen molar-refractivity contribution in [2.45, 2.75) is 11.8 Å². The van der Waals surface area contributed by atoms with E-state index in [1.165, 1.54) is 19.1 Å². The zero-order valence-corrected chi connectivity index (χ0v) is 12.0. The van der Waals surface area contributed by atoms with Crippen molar-refractivity contribution in [1.82, 2.24) is 0 Å². The number of hydrogen-bond acceptors (Lipinski definition) is 4. The van der Waals surface area contributed by atoms with Crippen molar-refractivity contribution in [3.05, 3.63) is 54.1 Å². The largest absolute Gasteiger partial charge is 0.457 e. The van der Waals surface area contributed by atoms with Crippen molar-refractivity contribution in [1.29, 1.82) is 0 Å². The van der Waals surface area contributed by atoms with Gasteiger partial charge >= 0.3 is 0 Å². The van der Waals surface area contributed by atoms with E-state index in [1.54, 1.807) is 36.4 Å². The van der Waals surface area contributed by atoms with Crippen molar-refractivity contribution in [3.8, 4) is 11.5 Å². The summed E-state index contributed by atoms with van der Waals surface area (Å²) in [5.41, 5.74) is 0.543. The van der Waals surface area contributed by atoms with Crippen LogP contribution in [0.5, 0.6) is 11.5 Å². The normalized spacial score (nSPS) is 11.1. The van der Waals surface area contributed by atoms with Gasteiger partial charge in [-0.05, 0) is 37.3 Å². The maximum absolute atomic E-state index is 11.5. The summed E-state index contributed by atoms with van der Waals surface area (Å²) in [5, 5.41) is 0. The molecule has 20 heavy (non-hydrogen) atoms. The molecule has 0 amide bonds. The third kappa shape index (κ3) is 3.45. The van der Waals surface area contributed by atoms with E-state index in [9.17, 15) is 13.2 Å². The quantitative estimate of drug-likeness (QED) is 0.812. The van der Waals surface area contributed by atoms with E-state index >= 15 is 0 Å². The first kappa shape index (κ1) is 14.3. The number of hydrogen-bond donors (Lipinski definition) is 0. The second-order valence-corrected chi connectivity index (χ2v) is 6.45. The lowest BCUT2D eigenvalue weighted by molar-refractivity contribution is 0.101. The Bertz CT molecular complexity index is 748. The third-order valence-electron chi connectivity index (χ3n) is 2.71. The van der Waals surface area contributed by atoms with Gasteiger partial charge in [-0.15, -0.1) is 0 Å². The van der Waals surface area contributed by atoms with Gasteiger partial charge in [0, 0.05) is 11.8 Å². The van der Waals surface area contributed by atoms with Gasteiger partial charge in [-0.25, -0.2) is 8.42 Å². The first-order chi connectivity index (χ1) is 9.36. The average molecular weight is 290 g/mol. The van der Waals surface area contributed by atoms with Gasteiger partial charge in [0.2, 0.25) is 0 Å². The van der Waals surface area contributed by atoms with Crippen molar-refractivity contribution < 1.29 is 17.9 Å². The van der Waals surface area contributed by atoms with Gasteiger partial charge in [0.05, 0.1) is 4.90 Å². The topological polar surface area (TPSA) is 60.4 Å². The Morgan fingerprint density at radius 2 is 1.60 bits per heavy atom. The Morgan fingerprint density at radius 1 is 1.00 bits per heavy atom. The fraction of sp³-hybridized carbons (Fsp3) is 0.133. The molecule has 4 nitrogen and oxygen atoms in total. The van der Waals surface area contributed by atoms with Crippen LogP contribution in [0.1, 0.15) is 17.3 Å². The fourth-order valence-electron chi connectivity index (χ4n) is 1.68. The molecular formula is C15H14O4S. The van der Waals surface area contributed by atoms with Crippen LogP contribution in [-0.2, 0) is 9.84 Å². The smallest absolute Gasteiger partial charge is 0.175 e. The first-order valence-corrected chi connectivity index (χ1v) is 7.84. The van der Waals surface area contributed by atoms with E-state index in [0.717, 1.165) is 6.26 Å². The van der Waals surface area contributed by atoms with Crippen LogP contribution >= 0.6 is 0 Å². The molecule has 2 aromatic carbocycles. The molecule has 0 aliphatic carbocycles. The molecule has 0 heterocycles. The summed E-state index contributed by atoms with van der Waals surface area (Å²) in [5.74, 6) is 0.845. The number of sulfone groups is 1. The molecule has 0 atom stereocenters. The number of ether oxygens (including phenoxy) is 1. The molecule has 0 radical (unpaired) electrons. The molecule has 0 aliphatic rings. The highest BCUT2D eigenvalue weighted by atomic mass is 32.2. The highest BCUT2D eigenvalue weighted by Crippen LogP contribution is 2.24. The van der Waals surface area contributed by atoms with E-state index in [4.69, 9.17) is 4.74 Å². The van der Waals surface area contributed by atoms with Crippen LogP contribution in [0.25, 0.3) is 0 Å². The van der Waals surface area contributed by atoms with Crippen LogP contribution < -0.4 is 4.74 Å². The molecule has 0 bridgehead atoms. The summed E-state index contributed by atoms with van der Waals surface area (Å²) in [6, 6.07) is 13.0. The Hall–Kier alpha value is -2.14. The summed E-state index contributed by atoms with van der Waals surface area (Å²) in [7, 11) is -3.27. The molecule has 5 heteroatoms. The van der Waals surface area contributed by atoms with Crippen molar-refractivity contribution in [2.24, 2.45) is 0 Å². The molecule has 2 rings (SSSR count). The lowest BCUT2D eigenvalue weighted by Crippen LogP contribution is -1.97. The lowest BCUT2D eigenvalue weighted by Gasteiger charge is -2.08. The summed E-state index contributed by atoms with van der Waals surface area (Å²) >= 11 is 0. The molecule has 0 spiro atoms. The predicted molar refractivity (Wildman–Crippen MR) is 76.1 cm³/mol. The van der Waals surface area contributed by atoms with Crippen LogP contribution in [0.2, 0.25) is 0 Å². The van der Waals surface area contributed by atoms with Gasteiger partial charge in [-0.1, -0.05) is 18.2 Å². The Labute approximate surface area is 117 Å². The SMILES string of the molecule is CC(=O)c1cccc(Oc2cccc(S(C)(=O)=O)c2)c1. The van der Waals surface area contributed by atoms with Crippen LogP contribution in [0, 0.1) is 0 Å². The van der Waals surface area contributed by atoms with Crippen molar-refractivity contribution in [3.63, 3.8) is 0 Å². The molecule has 0 fully saturated rings. The van der Waals surface area contributed by atoms with Crippen LogP contribution in [-0.4, -0.2) is 20.5 Å². The standard InChI is InChI=1S/C15H14O4S/c1-11(16)12-5-3-6-13(9-12)19-14-7-4-8-15(10-14)20(2,17)18/h3-10H,1-2H3. The number of carbonyl (C=O) groups is 1. The molecule has 0 unspecified atom stereocenters. The van der Waals surface area contributed by atoms with E-state index in [-0.39, 0.29) is 10.7 Å². The molecule has 0 saturated heterocycles. The number of Topliss-reactive ketones (excluding diaryl/α,β-unsaturated/α-hetero) is 1. The third-order valence-corrected chi connectivity index (χ3v) is 3.82. The van der Waals surface area contributed by atoms with Gasteiger partial charge in [-0.2, -0.15) is 0 Å². The van der Waals surface area contributed by atoms with Crippen LogP contribution in [0.3, 0.4) is 0 Å². The van der Waals surface area contributed by atoms with E-state index in [0.29, 0.717) is 17.1 Å². The second-order valence-electron chi connectivity index (χ2n) is 4.43. The molecule has 104 valence electrons. The fourth-order valence-corrected chi connectivity index (χ4v) is 2.34. The Balaban J connectivity index is 2.31. The molecule has 0 aliphatic heterocycles. The van der Waals surface area contributed by atoms with Gasteiger partial charge in [-0.3, -0.25) is 4.79 Å². The maximum Gasteiger partial charge on any atom is 0.175 e. The second kappa shape index (κ2) is 5.46. The monoisotopic (exact) mass is 290 g/mol. The minimum Gasteiger partial charge on any atom is -0.457 e. The molecular weight excluding hydrogens is 276 g/mol. The van der Waals surface area contributed by atoms with Gasteiger partial charge in [0.25, 0.3) is 0 Å². The minimum atomic E-state index is -3.27. The summed E-state index contributed by atoms with van der Waals surface area (Å²) in [4.78, 5) is 11.5. The van der Waals surface area contributed by atoms with E-state index in [1.807, 2.05) is 0 Å². The summed E-state index contributed by atoms with van der Waals surface area (Å²) in [6.07, 6.45) is 1.14.